The van der Waals surface area contributed by atoms with Gasteiger partial charge in [-0.2, -0.15) is 0 Å². The first-order chi connectivity index (χ1) is 9.00. The molecule has 112 valence electrons. The van der Waals surface area contributed by atoms with Crippen LogP contribution in [0.4, 0.5) is 0 Å². The van der Waals surface area contributed by atoms with Gasteiger partial charge in [0.25, 0.3) is 0 Å². The number of carbonyl (C=O) groups excluding carboxylic acids is 1. The van der Waals surface area contributed by atoms with Crippen LogP contribution in [0.3, 0.4) is 0 Å². The predicted molar refractivity (Wildman–Crippen MR) is 75.0 cm³/mol. The van der Waals surface area contributed by atoms with Crippen molar-refractivity contribution in [2.75, 3.05) is 25.4 Å². The summed E-state index contributed by atoms with van der Waals surface area (Å²) in [6.45, 7) is 2.77. The third-order valence-electron chi connectivity index (χ3n) is 3.58. The molecular weight excluding hydrogens is 266 g/mol. The van der Waals surface area contributed by atoms with Crippen molar-refractivity contribution in [3.8, 4) is 0 Å². The molecule has 0 aromatic rings. The number of carbonyl (C=O) groups is 1. The van der Waals surface area contributed by atoms with Crippen molar-refractivity contribution in [1.29, 1.82) is 0 Å². The van der Waals surface area contributed by atoms with Crippen molar-refractivity contribution >= 4 is 15.9 Å². The molecule has 2 unspecified atom stereocenters. The quantitative estimate of drug-likeness (QED) is 0.605. The van der Waals surface area contributed by atoms with Gasteiger partial charge in [0.05, 0.1) is 5.75 Å². The van der Waals surface area contributed by atoms with Crippen LogP contribution in [-0.4, -0.2) is 39.7 Å². The van der Waals surface area contributed by atoms with Crippen LogP contribution in [0.2, 0.25) is 0 Å². The summed E-state index contributed by atoms with van der Waals surface area (Å²) in [5.74, 6) is 0.0497. The average molecular weight is 291 g/mol. The molecule has 1 rings (SSSR count). The lowest BCUT2D eigenvalue weighted by molar-refractivity contribution is -0.127. The Morgan fingerprint density at radius 1 is 1.32 bits per heavy atom. The van der Waals surface area contributed by atoms with Crippen molar-refractivity contribution in [2.45, 2.75) is 32.6 Å². The van der Waals surface area contributed by atoms with Crippen LogP contribution < -0.4 is 15.8 Å². The van der Waals surface area contributed by atoms with E-state index in [9.17, 15) is 13.2 Å². The van der Waals surface area contributed by atoms with Crippen molar-refractivity contribution in [1.82, 2.24) is 10.0 Å². The van der Waals surface area contributed by atoms with Gasteiger partial charge >= 0.3 is 0 Å². The van der Waals surface area contributed by atoms with E-state index in [-0.39, 0.29) is 30.0 Å². The van der Waals surface area contributed by atoms with E-state index in [1.807, 2.05) is 0 Å². The summed E-state index contributed by atoms with van der Waals surface area (Å²) in [4.78, 5) is 12.0. The molecule has 1 aliphatic carbocycles. The minimum Gasteiger partial charge on any atom is -0.355 e. The second-order valence-electron chi connectivity index (χ2n) is 4.99. The molecular formula is C12H25N3O3S. The zero-order valence-electron chi connectivity index (χ0n) is 11.5. The highest BCUT2D eigenvalue weighted by Gasteiger charge is 2.29. The molecule has 0 aromatic carbocycles. The third kappa shape index (κ3) is 5.46. The van der Waals surface area contributed by atoms with Crippen LogP contribution in [0.1, 0.15) is 32.6 Å². The zero-order chi connectivity index (χ0) is 14.3. The van der Waals surface area contributed by atoms with Gasteiger partial charge in [-0.05, 0) is 25.3 Å². The summed E-state index contributed by atoms with van der Waals surface area (Å²) in [6.07, 6.45) is 4.02. The highest BCUT2D eigenvalue weighted by molar-refractivity contribution is 7.89. The highest BCUT2D eigenvalue weighted by Crippen LogP contribution is 2.29. The van der Waals surface area contributed by atoms with Crippen LogP contribution in [0.25, 0.3) is 0 Å². The standard InChI is InChI=1S/C12H25N3O3S/c1-2-15-19(17,18)8-7-14-12(16)11-6-4-3-5-10(11)9-13/h10-11,15H,2-9,13H2,1H3,(H,14,16). The van der Waals surface area contributed by atoms with E-state index in [0.29, 0.717) is 13.1 Å². The summed E-state index contributed by atoms with van der Waals surface area (Å²) in [7, 11) is -3.27. The van der Waals surface area contributed by atoms with Crippen LogP contribution in [0, 0.1) is 11.8 Å². The molecule has 6 nitrogen and oxygen atoms in total. The fraction of sp³-hybridized carbons (Fsp3) is 0.917. The maximum atomic E-state index is 12.0. The van der Waals surface area contributed by atoms with Crippen molar-refractivity contribution < 1.29 is 13.2 Å². The molecule has 1 saturated carbocycles. The molecule has 0 bridgehead atoms. The first-order valence-electron chi connectivity index (χ1n) is 6.95. The van der Waals surface area contributed by atoms with Gasteiger partial charge in [0.2, 0.25) is 15.9 Å². The topological polar surface area (TPSA) is 101 Å². The number of amides is 1. The van der Waals surface area contributed by atoms with Gasteiger partial charge in [0, 0.05) is 19.0 Å². The van der Waals surface area contributed by atoms with E-state index in [2.05, 4.69) is 10.0 Å². The van der Waals surface area contributed by atoms with E-state index in [1.165, 1.54) is 0 Å². The number of rotatable bonds is 7. The minimum absolute atomic E-state index is 0.0538. The van der Waals surface area contributed by atoms with Crippen LogP contribution in [0.5, 0.6) is 0 Å². The van der Waals surface area contributed by atoms with E-state index in [1.54, 1.807) is 6.92 Å². The van der Waals surface area contributed by atoms with Crippen molar-refractivity contribution in [2.24, 2.45) is 17.6 Å². The zero-order valence-corrected chi connectivity index (χ0v) is 12.3. The van der Waals surface area contributed by atoms with Gasteiger partial charge in [-0.15, -0.1) is 0 Å². The summed E-state index contributed by atoms with van der Waals surface area (Å²) >= 11 is 0. The highest BCUT2D eigenvalue weighted by atomic mass is 32.2. The number of hydrogen-bond acceptors (Lipinski definition) is 4. The Bertz CT molecular complexity index is 384. The molecule has 0 aliphatic heterocycles. The number of sulfonamides is 1. The lowest BCUT2D eigenvalue weighted by Gasteiger charge is -2.29. The maximum absolute atomic E-state index is 12.0. The molecule has 2 atom stereocenters. The summed E-state index contributed by atoms with van der Waals surface area (Å²) < 4.78 is 25.2. The minimum atomic E-state index is -3.27. The molecule has 0 heterocycles. The Kier molecular flexibility index (Phi) is 6.74. The van der Waals surface area contributed by atoms with Gasteiger partial charge in [-0.3, -0.25) is 4.79 Å². The Hall–Kier alpha value is -0.660. The molecule has 0 radical (unpaired) electrons. The molecule has 4 N–H and O–H groups in total. The van der Waals surface area contributed by atoms with Crippen LogP contribution >= 0.6 is 0 Å². The SMILES string of the molecule is CCNS(=O)(=O)CCNC(=O)C1CCCCC1CN. The van der Waals surface area contributed by atoms with E-state index in [0.717, 1.165) is 25.7 Å². The Balaban J connectivity index is 2.38. The molecule has 7 heteroatoms. The molecule has 19 heavy (non-hydrogen) atoms. The van der Waals surface area contributed by atoms with Gasteiger partial charge < -0.3 is 11.1 Å². The normalized spacial score (nSPS) is 24.1. The lowest BCUT2D eigenvalue weighted by atomic mass is 9.79. The lowest BCUT2D eigenvalue weighted by Crippen LogP contribution is -2.41. The fourth-order valence-electron chi connectivity index (χ4n) is 2.57. The summed E-state index contributed by atoms with van der Waals surface area (Å²) in [6, 6.07) is 0. The third-order valence-corrected chi connectivity index (χ3v) is 5.05. The molecule has 0 aromatic heterocycles. The van der Waals surface area contributed by atoms with E-state index >= 15 is 0 Å². The fourth-order valence-corrected chi connectivity index (χ4v) is 3.52. The second-order valence-corrected chi connectivity index (χ2v) is 6.92. The average Bonchev–Trinajstić information content (AvgIpc) is 2.38. The van der Waals surface area contributed by atoms with Crippen molar-refractivity contribution in [3.63, 3.8) is 0 Å². The molecule has 1 amide bonds. The molecule has 0 saturated heterocycles. The summed E-state index contributed by atoms with van der Waals surface area (Å²) in [5.41, 5.74) is 5.68. The first kappa shape index (κ1) is 16.4. The Labute approximate surface area is 115 Å². The smallest absolute Gasteiger partial charge is 0.223 e. The molecule has 1 aliphatic rings. The van der Waals surface area contributed by atoms with Gasteiger partial charge in [-0.25, -0.2) is 13.1 Å². The maximum Gasteiger partial charge on any atom is 0.223 e. The van der Waals surface area contributed by atoms with Crippen LogP contribution in [-0.2, 0) is 14.8 Å². The van der Waals surface area contributed by atoms with E-state index in [4.69, 9.17) is 5.73 Å². The van der Waals surface area contributed by atoms with E-state index < -0.39 is 10.0 Å². The number of nitrogens with two attached hydrogens (primary N) is 1. The second kappa shape index (κ2) is 7.81. The monoisotopic (exact) mass is 291 g/mol. The summed E-state index contributed by atoms with van der Waals surface area (Å²) in [5, 5.41) is 2.72. The Morgan fingerprint density at radius 3 is 2.63 bits per heavy atom. The largest absolute Gasteiger partial charge is 0.355 e. The van der Waals surface area contributed by atoms with Gasteiger partial charge in [-0.1, -0.05) is 19.8 Å². The number of hydrogen-bond donors (Lipinski definition) is 3. The molecule has 1 fully saturated rings. The van der Waals surface area contributed by atoms with Crippen molar-refractivity contribution in [3.05, 3.63) is 0 Å². The predicted octanol–water partition coefficient (Wildman–Crippen LogP) is -0.193. The molecule has 0 spiro atoms. The van der Waals surface area contributed by atoms with Crippen LogP contribution in [0.15, 0.2) is 0 Å². The number of nitrogens with one attached hydrogen (secondary N) is 2. The van der Waals surface area contributed by atoms with Gasteiger partial charge in [0.1, 0.15) is 0 Å². The van der Waals surface area contributed by atoms with Gasteiger partial charge in [0.15, 0.2) is 0 Å². The Morgan fingerprint density at radius 2 is 2.00 bits per heavy atom. The first-order valence-corrected chi connectivity index (χ1v) is 8.60.